The lowest BCUT2D eigenvalue weighted by Crippen LogP contribution is -2.38. The van der Waals surface area contributed by atoms with Crippen molar-refractivity contribution in [3.63, 3.8) is 0 Å². The van der Waals surface area contributed by atoms with Crippen molar-refractivity contribution in [1.29, 1.82) is 0 Å². The van der Waals surface area contributed by atoms with E-state index in [4.69, 9.17) is 23.8 Å². The van der Waals surface area contributed by atoms with Crippen LogP contribution in [0.3, 0.4) is 0 Å². The lowest BCUT2D eigenvalue weighted by atomic mass is 9.87. The summed E-state index contributed by atoms with van der Waals surface area (Å²) in [6, 6.07) is 15.1. The summed E-state index contributed by atoms with van der Waals surface area (Å²) >= 11 is 11.3. The number of carbonyl (C=O) groups excluding carboxylic acids is 1. The molecule has 0 saturated carbocycles. The molecule has 0 bridgehead atoms. The van der Waals surface area contributed by atoms with Crippen molar-refractivity contribution in [2.45, 2.75) is 32.7 Å². The molecule has 3 nitrogen and oxygen atoms in total. The van der Waals surface area contributed by atoms with Crippen LogP contribution in [0.15, 0.2) is 48.5 Å². The molecule has 5 heteroatoms. The molecular weight excluding hydrogens is 340 g/mol. The number of nitrogens with one attached hydrogen (secondary N) is 2. The van der Waals surface area contributed by atoms with Crippen molar-refractivity contribution < 1.29 is 4.79 Å². The zero-order valence-electron chi connectivity index (χ0n) is 14.0. The Labute approximate surface area is 153 Å². The maximum Gasteiger partial charge on any atom is 0.257 e. The quantitative estimate of drug-likeness (QED) is 0.795. The fourth-order valence-corrected chi connectivity index (χ4v) is 2.53. The van der Waals surface area contributed by atoms with E-state index in [9.17, 15) is 4.79 Å². The maximum absolute atomic E-state index is 12.2. The van der Waals surface area contributed by atoms with Crippen LogP contribution in [0.4, 0.5) is 0 Å². The van der Waals surface area contributed by atoms with Crippen LogP contribution in [-0.2, 0) is 12.0 Å². The van der Waals surface area contributed by atoms with Gasteiger partial charge in [-0.05, 0) is 47.0 Å². The van der Waals surface area contributed by atoms with Gasteiger partial charge < -0.3 is 5.32 Å². The van der Waals surface area contributed by atoms with E-state index in [2.05, 4.69) is 31.4 Å². The number of carbonyl (C=O) groups is 1. The predicted octanol–water partition coefficient (Wildman–Crippen LogP) is 4.44. The third-order valence-electron chi connectivity index (χ3n) is 3.64. The highest BCUT2D eigenvalue weighted by atomic mass is 35.5. The lowest BCUT2D eigenvalue weighted by molar-refractivity contribution is 0.0976. The fraction of sp³-hybridized carbons (Fsp3) is 0.263. The molecule has 0 radical (unpaired) electrons. The van der Waals surface area contributed by atoms with E-state index in [1.807, 2.05) is 48.5 Å². The Balaban J connectivity index is 1.92. The van der Waals surface area contributed by atoms with Crippen LogP contribution in [0.25, 0.3) is 0 Å². The zero-order chi connectivity index (χ0) is 17.7. The number of halogens is 1. The average molecular weight is 361 g/mol. The highest BCUT2D eigenvalue weighted by molar-refractivity contribution is 7.80. The van der Waals surface area contributed by atoms with Crippen LogP contribution in [0, 0.1) is 0 Å². The largest absolute Gasteiger partial charge is 0.358 e. The molecule has 0 aliphatic rings. The summed E-state index contributed by atoms with van der Waals surface area (Å²) in [7, 11) is 0. The SMILES string of the molecule is CC(C)(C)c1ccc(C(=O)NC(=S)NCc2ccccc2Cl)cc1. The monoisotopic (exact) mass is 360 g/mol. The minimum absolute atomic E-state index is 0.0564. The second-order valence-electron chi connectivity index (χ2n) is 6.56. The van der Waals surface area contributed by atoms with Gasteiger partial charge in [0, 0.05) is 17.1 Å². The van der Waals surface area contributed by atoms with Gasteiger partial charge in [-0.15, -0.1) is 0 Å². The first-order valence-electron chi connectivity index (χ1n) is 7.70. The summed E-state index contributed by atoms with van der Waals surface area (Å²) in [5.41, 5.74) is 2.73. The molecule has 2 rings (SSSR count). The fourth-order valence-electron chi connectivity index (χ4n) is 2.16. The van der Waals surface area contributed by atoms with Crippen LogP contribution in [-0.4, -0.2) is 11.0 Å². The van der Waals surface area contributed by atoms with Gasteiger partial charge in [0.1, 0.15) is 0 Å². The van der Waals surface area contributed by atoms with Gasteiger partial charge in [0.05, 0.1) is 0 Å². The lowest BCUT2D eigenvalue weighted by Gasteiger charge is -2.19. The molecule has 2 aromatic carbocycles. The first-order valence-corrected chi connectivity index (χ1v) is 8.49. The van der Waals surface area contributed by atoms with E-state index >= 15 is 0 Å². The van der Waals surface area contributed by atoms with Crippen molar-refractivity contribution in [3.05, 3.63) is 70.2 Å². The predicted molar refractivity (Wildman–Crippen MR) is 103 cm³/mol. The van der Waals surface area contributed by atoms with Gasteiger partial charge in [-0.3, -0.25) is 10.1 Å². The molecule has 0 saturated heterocycles. The van der Waals surface area contributed by atoms with Crippen LogP contribution < -0.4 is 10.6 Å². The Morgan fingerprint density at radius 3 is 2.29 bits per heavy atom. The third kappa shape index (κ3) is 5.05. The summed E-state index contributed by atoms with van der Waals surface area (Å²) in [5.74, 6) is -0.230. The van der Waals surface area contributed by atoms with Crippen LogP contribution in [0.5, 0.6) is 0 Å². The molecule has 0 heterocycles. The maximum atomic E-state index is 12.2. The van der Waals surface area contributed by atoms with Crippen LogP contribution >= 0.6 is 23.8 Å². The summed E-state index contributed by atoms with van der Waals surface area (Å²) in [4.78, 5) is 12.2. The molecule has 0 aliphatic heterocycles. The number of amides is 1. The van der Waals surface area contributed by atoms with Crippen molar-refractivity contribution in [3.8, 4) is 0 Å². The Hall–Kier alpha value is -1.91. The van der Waals surface area contributed by atoms with E-state index in [0.717, 1.165) is 5.56 Å². The van der Waals surface area contributed by atoms with E-state index in [0.29, 0.717) is 17.1 Å². The summed E-state index contributed by atoms with van der Waals surface area (Å²) in [6.07, 6.45) is 0. The van der Waals surface area contributed by atoms with Gasteiger partial charge in [0.15, 0.2) is 5.11 Å². The van der Waals surface area contributed by atoms with Crippen molar-refractivity contribution in [1.82, 2.24) is 10.6 Å². The highest BCUT2D eigenvalue weighted by Crippen LogP contribution is 2.22. The molecule has 24 heavy (non-hydrogen) atoms. The zero-order valence-corrected chi connectivity index (χ0v) is 15.6. The molecule has 1 amide bonds. The van der Waals surface area contributed by atoms with Gasteiger partial charge in [-0.1, -0.05) is 62.7 Å². The standard InChI is InChI=1S/C19H21ClN2OS/c1-19(2,3)15-10-8-13(9-11-15)17(23)22-18(24)21-12-14-6-4-5-7-16(14)20/h4-11H,12H2,1-3H3,(H2,21,22,23,24). The molecule has 0 aromatic heterocycles. The van der Waals surface area contributed by atoms with Gasteiger partial charge in [-0.25, -0.2) is 0 Å². The van der Waals surface area contributed by atoms with Gasteiger partial charge in [0.2, 0.25) is 0 Å². The minimum Gasteiger partial charge on any atom is -0.358 e. The molecule has 2 N–H and O–H groups in total. The number of hydrogen-bond donors (Lipinski definition) is 2. The third-order valence-corrected chi connectivity index (χ3v) is 4.25. The molecule has 0 atom stereocenters. The van der Waals surface area contributed by atoms with E-state index in [1.165, 1.54) is 5.56 Å². The average Bonchev–Trinajstić information content (AvgIpc) is 2.53. The molecule has 126 valence electrons. The van der Waals surface area contributed by atoms with Crippen molar-refractivity contribution >= 4 is 34.8 Å². The number of rotatable bonds is 3. The molecule has 0 aliphatic carbocycles. The van der Waals surface area contributed by atoms with E-state index in [1.54, 1.807) is 0 Å². The van der Waals surface area contributed by atoms with Crippen molar-refractivity contribution in [2.24, 2.45) is 0 Å². The first-order chi connectivity index (χ1) is 11.3. The Kier molecular flexibility index (Phi) is 5.97. The van der Waals surface area contributed by atoms with Gasteiger partial charge >= 0.3 is 0 Å². The smallest absolute Gasteiger partial charge is 0.257 e. The second kappa shape index (κ2) is 7.77. The Morgan fingerprint density at radius 1 is 1.08 bits per heavy atom. The molecule has 0 unspecified atom stereocenters. The van der Waals surface area contributed by atoms with Crippen LogP contribution in [0.1, 0.15) is 42.3 Å². The van der Waals surface area contributed by atoms with E-state index in [-0.39, 0.29) is 16.4 Å². The number of thiocarbonyl (C=S) groups is 1. The Bertz CT molecular complexity index is 736. The molecule has 2 aromatic rings. The summed E-state index contributed by atoms with van der Waals surface area (Å²) in [5, 5.41) is 6.61. The first kappa shape index (κ1) is 18.4. The highest BCUT2D eigenvalue weighted by Gasteiger charge is 2.14. The second-order valence-corrected chi connectivity index (χ2v) is 7.37. The van der Waals surface area contributed by atoms with E-state index < -0.39 is 0 Å². The topological polar surface area (TPSA) is 41.1 Å². The molecule has 0 spiro atoms. The van der Waals surface area contributed by atoms with Crippen LogP contribution in [0.2, 0.25) is 5.02 Å². The van der Waals surface area contributed by atoms with Crippen molar-refractivity contribution in [2.75, 3.05) is 0 Å². The number of benzene rings is 2. The Morgan fingerprint density at radius 2 is 1.71 bits per heavy atom. The van der Waals surface area contributed by atoms with Gasteiger partial charge in [0.25, 0.3) is 5.91 Å². The molecule has 0 fully saturated rings. The minimum atomic E-state index is -0.230. The normalized spacial score (nSPS) is 11.0. The summed E-state index contributed by atoms with van der Waals surface area (Å²) < 4.78 is 0. The van der Waals surface area contributed by atoms with Gasteiger partial charge in [-0.2, -0.15) is 0 Å². The summed E-state index contributed by atoms with van der Waals surface area (Å²) in [6.45, 7) is 6.86. The number of hydrogen-bond acceptors (Lipinski definition) is 2. The molecular formula is C19H21ClN2OS.